The van der Waals surface area contributed by atoms with Crippen molar-refractivity contribution >= 4 is 41.4 Å². The lowest BCUT2D eigenvalue weighted by Gasteiger charge is -2.31. The van der Waals surface area contributed by atoms with Crippen molar-refractivity contribution in [3.05, 3.63) is 35.4 Å². The lowest BCUT2D eigenvalue weighted by molar-refractivity contribution is -0.141. The monoisotopic (exact) mass is 442 g/mol. The summed E-state index contributed by atoms with van der Waals surface area (Å²) in [5, 5.41) is 26.3. The second kappa shape index (κ2) is 10.2. The largest absolute Gasteiger partial charge is 0.480 e. The fraction of sp³-hybridized carbons (Fsp3) is 0.312. The highest BCUT2D eigenvalue weighted by Gasteiger charge is 2.37. The zero-order chi connectivity index (χ0) is 22.3. The van der Waals surface area contributed by atoms with Gasteiger partial charge in [-0.05, 0) is 12.1 Å². The summed E-state index contributed by atoms with van der Waals surface area (Å²) in [4.78, 5) is 51.2. The number of amides is 2. The SMILES string of the molecule is CO/N=C(/C(=O)N[C@@H](C(=O)O)[C@@H]1NC(C(=O)O)=C(COC(N)=O)CS1)c1ccco1. The minimum atomic E-state index is -1.55. The van der Waals surface area contributed by atoms with E-state index in [4.69, 9.17) is 10.2 Å². The molecule has 0 radical (unpaired) electrons. The number of hydrogen-bond acceptors (Lipinski definition) is 10. The van der Waals surface area contributed by atoms with E-state index >= 15 is 0 Å². The van der Waals surface area contributed by atoms with E-state index in [0.717, 1.165) is 11.8 Å². The summed E-state index contributed by atoms with van der Waals surface area (Å²) in [5.41, 5.74) is 4.42. The van der Waals surface area contributed by atoms with Crippen LogP contribution in [0.25, 0.3) is 0 Å². The molecule has 2 rings (SSSR count). The van der Waals surface area contributed by atoms with Crippen LogP contribution in [0.3, 0.4) is 0 Å². The number of carboxylic acid groups (broad SMARTS) is 2. The summed E-state index contributed by atoms with van der Waals surface area (Å²) in [5.74, 6) is -3.67. The number of oxime groups is 1. The number of nitrogens with zero attached hydrogens (tertiary/aromatic N) is 1. The van der Waals surface area contributed by atoms with Gasteiger partial charge in [-0.15, -0.1) is 11.8 Å². The van der Waals surface area contributed by atoms with Crippen molar-refractivity contribution < 1.29 is 43.4 Å². The van der Waals surface area contributed by atoms with E-state index in [-0.39, 0.29) is 35.1 Å². The number of carboxylic acids is 2. The van der Waals surface area contributed by atoms with Gasteiger partial charge in [0.05, 0.1) is 6.26 Å². The van der Waals surface area contributed by atoms with Gasteiger partial charge >= 0.3 is 18.0 Å². The molecule has 0 unspecified atom stereocenters. The Morgan fingerprint density at radius 2 is 2.17 bits per heavy atom. The average Bonchev–Trinajstić information content (AvgIpc) is 3.22. The number of furan rings is 1. The van der Waals surface area contributed by atoms with Crippen molar-refractivity contribution in [2.45, 2.75) is 11.4 Å². The number of aliphatic carboxylic acids is 2. The maximum absolute atomic E-state index is 12.6. The van der Waals surface area contributed by atoms with Gasteiger partial charge in [-0.1, -0.05) is 5.16 Å². The number of carbonyl (C=O) groups is 4. The number of primary amides is 1. The Kier molecular flexibility index (Phi) is 7.69. The predicted octanol–water partition coefficient (Wildman–Crippen LogP) is -0.704. The highest BCUT2D eigenvalue weighted by molar-refractivity contribution is 8.00. The van der Waals surface area contributed by atoms with Crippen LogP contribution in [0.5, 0.6) is 0 Å². The predicted molar refractivity (Wildman–Crippen MR) is 101 cm³/mol. The first kappa shape index (κ1) is 22.6. The number of nitrogens with two attached hydrogens (primary N) is 1. The Hall–Kier alpha value is -3.68. The van der Waals surface area contributed by atoms with E-state index < -0.39 is 35.4 Å². The number of rotatable bonds is 9. The maximum Gasteiger partial charge on any atom is 0.404 e. The summed E-state index contributed by atoms with van der Waals surface area (Å²) in [6.07, 6.45) is 0.207. The van der Waals surface area contributed by atoms with Crippen molar-refractivity contribution in [1.29, 1.82) is 0 Å². The zero-order valence-electron chi connectivity index (χ0n) is 15.5. The van der Waals surface area contributed by atoms with Gasteiger partial charge < -0.3 is 40.6 Å². The number of hydrogen-bond donors (Lipinski definition) is 5. The third-order valence-corrected chi connectivity index (χ3v) is 4.95. The van der Waals surface area contributed by atoms with Gasteiger partial charge in [0.25, 0.3) is 5.91 Å². The molecule has 1 aromatic rings. The molecule has 0 saturated heterocycles. The normalized spacial score (nSPS) is 17.5. The number of nitrogens with one attached hydrogen (secondary N) is 2. The van der Waals surface area contributed by atoms with Gasteiger partial charge in [0.1, 0.15) is 24.8 Å². The molecule has 14 heteroatoms. The molecule has 30 heavy (non-hydrogen) atoms. The molecule has 6 N–H and O–H groups in total. The Bertz CT molecular complexity index is 881. The maximum atomic E-state index is 12.6. The first-order valence-electron chi connectivity index (χ1n) is 8.19. The Balaban J connectivity index is 2.21. The summed E-state index contributed by atoms with van der Waals surface area (Å²) >= 11 is 0.991. The number of thioether (sulfide) groups is 1. The second-order valence-electron chi connectivity index (χ2n) is 5.66. The molecule has 0 aliphatic carbocycles. The van der Waals surface area contributed by atoms with E-state index in [1.54, 1.807) is 0 Å². The standard InChI is InChI=1S/C16H18N4O9S/c1-27-20-10(8-3-2-4-28-8)12(21)18-11(15(24)25)13-19-9(14(22)23)7(6-30-13)5-29-16(17)26/h2-4,11,13,19H,5-6H2,1H3,(H2,17,26)(H,18,21)(H,22,23)(H,24,25)/b20-10+/t11-,13-/m1/s1. The van der Waals surface area contributed by atoms with Gasteiger partial charge in [-0.25, -0.2) is 14.4 Å². The van der Waals surface area contributed by atoms with Crippen LogP contribution in [0.2, 0.25) is 0 Å². The van der Waals surface area contributed by atoms with Crippen molar-refractivity contribution in [1.82, 2.24) is 10.6 Å². The molecule has 0 fully saturated rings. The Labute approximate surface area is 173 Å². The van der Waals surface area contributed by atoms with Crippen molar-refractivity contribution in [2.75, 3.05) is 19.5 Å². The number of carbonyl (C=O) groups excluding carboxylic acids is 2. The molecule has 0 bridgehead atoms. The van der Waals surface area contributed by atoms with Crippen molar-refractivity contribution in [2.24, 2.45) is 10.9 Å². The minimum absolute atomic E-state index is 0.0173. The molecule has 0 saturated carbocycles. The minimum Gasteiger partial charge on any atom is -0.480 e. The molecule has 1 aromatic heterocycles. The Morgan fingerprint density at radius 1 is 1.43 bits per heavy atom. The van der Waals surface area contributed by atoms with Crippen LogP contribution in [-0.4, -0.2) is 70.7 Å². The number of ether oxygens (including phenoxy) is 1. The molecular weight excluding hydrogens is 424 g/mol. The lowest BCUT2D eigenvalue weighted by atomic mass is 10.2. The molecule has 13 nitrogen and oxygen atoms in total. The summed E-state index contributed by atoms with van der Waals surface area (Å²) in [7, 11) is 1.20. The molecular formula is C16H18N4O9S. The first-order chi connectivity index (χ1) is 14.2. The summed E-state index contributed by atoms with van der Waals surface area (Å²) in [6, 6.07) is 1.38. The molecule has 2 heterocycles. The van der Waals surface area contributed by atoms with Gasteiger partial charge in [0.2, 0.25) is 5.71 Å². The van der Waals surface area contributed by atoms with E-state index in [1.165, 1.54) is 25.5 Å². The summed E-state index contributed by atoms with van der Waals surface area (Å²) < 4.78 is 9.70. The molecule has 1 aliphatic heterocycles. The fourth-order valence-electron chi connectivity index (χ4n) is 2.39. The molecule has 0 spiro atoms. The molecule has 0 aromatic carbocycles. The van der Waals surface area contributed by atoms with Crippen molar-refractivity contribution in [3.8, 4) is 0 Å². The highest BCUT2D eigenvalue weighted by atomic mass is 32.2. The smallest absolute Gasteiger partial charge is 0.404 e. The van der Waals surface area contributed by atoms with Crippen LogP contribution in [-0.2, 0) is 24.0 Å². The van der Waals surface area contributed by atoms with Crippen LogP contribution in [0.1, 0.15) is 5.76 Å². The second-order valence-corrected chi connectivity index (χ2v) is 6.79. The van der Waals surface area contributed by atoms with Crippen LogP contribution in [0.15, 0.2) is 39.2 Å². The van der Waals surface area contributed by atoms with Crippen LogP contribution < -0.4 is 16.4 Å². The van der Waals surface area contributed by atoms with Gasteiger partial charge in [0.15, 0.2) is 11.8 Å². The van der Waals surface area contributed by atoms with Crippen LogP contribution in [0, 0.1) is 0 Å². The third kappa shape index (κ3) is 5.66. The average molecular weight is 442 g/mol. The van der Waals surface area contributed by atoms with Crippen LogP contribution in [0.4, 0.5) is 4.79 Å². The van der Waals surface area contributed by atoms with Gasteiger partial charge in [-0.3, -0.25) is 4.79 Å². The summed E-state index contributed by atoms with van der Waals surface area (Å²) in [6.45, 7) is -0.378. The van der Waals surface area contributed by atoms with E-state index in [0.29, 0.717) is 0 Å². The van der Waals surface area contributed by atoms with E-state index in [2.05, 4.69) is 25.4 Å². The lowest BCUT2D eigenvalue weighted by Crippen LogP contribution is -2.56. The van der Waals surface area contributed by atoms with Gasteiger partial charge in [0, 0.05) is 11.3 Å². The molecule has 2 amide bonds. The first-order valence-corrected chi connectivity index (χ1v) is 9.23. The van der Waals surface area contributed by atoms with E-state index in [9.17, 15) is 29.4 Å². The quantitative estimate of drug-likeness (QED) is 0.239. The van der Waals surface area contributed by atoms with Crippen molar-refractivity contribution in [3.63, 3.8) is 0 Å². The molecule has 162 valence electrons. The van der Waals surface area contributed by atoms with Gasteiger partial charge in [-0.2, -0.15) is 0 Å². The van der Waals surface area contributed by atoms with E-state index in [1.807, 2.05) is 0 Å². The zero-order valence-corrected chi connectivity index (χ0v) is 16.3. The Morgan fingerprint density at radius 3 is 2.70 bits per heavy atom. The fourth-order valence-corrected chi connectivity index (χ4v) is 3.58. The molecule has 1 aliphatic rings. The topological polar surface area (TPSA) is 203 Å². The van der Waals surface area contributed by atoms with Crippen LogP contribution >= 0.6 is 11.8 Å². The molecule has 2 atom stereocenters. The third-order valence-electron chi connectivity index (χ3n) is 3.69. The highest BCUT2D eigenvalue weighted by Crippen LogP contribution is 2.25.